The molecule has 3 aromatic rings. The summed E-state index contributed by atoms with van der Waals surface area (Å²) in [6.07, 6.45) is 5.99. The average Bonchev–Trinajstić information content (AvgIpc) is 3.27. The van der Waals surface area contributed by atoms with Crippen LogP contribution in [0.1, 0.15) is 45.1 Å². The number of ether oxygens (including phenoxy) is 1. The summed E-state index contributed by atoms with van der Waals surface area (Å²) in [5.74, 6) is 0.00522. The van der Waals surface area contributed by atoms with E-state index in [2.05, 4.69) is 31.3 Å². The lowest BCUT2D eigenvalue weighted by molar-refractivity contribution is -0.0510. The van der Waals surface area contributed by atoms with Crippen molar-refractivity contribution in [3.63, 3.8) is 0 Å². The molecule has 0 spiro atoms. The number of aromatic nitrogens is 3. The highest BCUT2D eigenvalue weighted by atomic mass is 32.2. The number of hydrogen-bond donors (Lipinski definition) is 1. The molecule has 5 rings (SSSR count). The number of halogens is 3. The van der Waals surface area contributed by atoms with Crippen molar-refractivity contribution in [1.82, 2.24) is 18.8 Å². The average molecular weight is 520 g/mol. The largest absolute Gasteiger partial charge is 0.429 e. The Kier molecular flexibility index (Phi) is 7.38. The molecule has 2 aromatic heterocycles. The van der Waals surface area contributed by atoms with Crippen molar-refractivity contribution in [2.75, 3.05) is 18.4 Å². The zero-order chi connectivity index (χ0) is 25.2. The van der Waals surface area contributed by atoms with Gasteiger partial charge >= 0.3 is 6.61 Å². The van der Waals surface area contributed by atoms with E-state index in [-0.39, 0.29) is 29.6 Å². The number of hydrogen-bond acceptors (Lipinski definition) is 7. The lowest BCUT2D eigenvalue weighted by atomic mass is 10.1. The molecule has 3 heterocycles. The Hall–Kier alpha value is -2.79. The smallest absolute Gasteiger partial charge is 0.387 e. The van der Waals surface area contributed by atoms with Gasteiger partial charge in [-0.05, 0) is 73.9 Å². The first-order valence-electron chi connectivity index (χ1n) is 12.2. The summed E-state index contributed by atoms with van der Waals surface area (Å²) >= 11 is 1.61. The van der Waals surface area contributed by atoms with Crippen LogP contribution in [0.4, 0.5) is 19.1 Å². The number of anilines is 1. The molecule has 1 aliphatic heterocycles. The number of nitrogens with zero attached hydrogens (tertiary/aromatic N) is 4. The molecule has 36 heavy (non-hydrogen) atoms. The first-order valence-corrected chi connectivity index (χ1v) is 13.0. The van der Waals surface area contributed by atoms with Crippen molar-refractivity contribution in [2.24, 2.45) is 5.92 Å². The fourth-order valence-corrected chi connectivity index (χ4v) is 6.03. The zero-order valence-electron chi connectivity index (χ0n) is 19.9. The van der Waals surface area contributed by atoms with Gasteiger partial charge in [-0.2, -0.15) is 13.8 Å². The van der Waals surface area contributed by atoms with E-state index >= 15 is 0 Å². The van der Waals surface area contributed by atoms with Gasteiger partial charge in [0.1, 0.15) is 11.5 Å². The predicted octanol–water partition coefficient (Wildman–Crippen LogP) is 5.48. The number of nitrogens with one attached hydrogen (secondary N) is 1. The van der Waals surface area contributed by atoms with Gasteiger partial charge in [0.25, 0.3) is 5.56 Å². The van der Waals surface area contributed by atoms with Crippen molar-refractivity contribution < 1.29 is 17.9 Å². The SMILES string of the molecule is CC1CCCC1n1c(=O)c(OC(F)F)cc2cnc(NC3CCN(Sc4ccc(F)cc4)CC3)nc21. The van der Waals surface area contributed by atoms with Gasteiger partial charge in [0.05, 0.1) is 0 Å². The van der Waals surface area contributed by atoms with Crippen LogP contribution in [-0.2, 0) is 0 Å². The molecule has 0 bridgehead atoms. The highest BCUT2D eigenvalue weighted by Crippen LogP contribution is 2.36. The lowest BCUT2D eigenvalue weighted by Crippen LogP contribution is -2.36. The lowest BCUT2D eigenvalue weighted by Gasteiger charge is -2.31. The molecule has 1 aliphatic carbocycles. The van der Waals surface area contributed by atoms with Crippen molar-refractivity contribution in [1.29, 1.82) is 0 Å². The molecule has 2 unspecified atom stereocenters. The Bertz CT molecular complexity index is 1270. The fourth-order valence-electron chi connectivity index (χ4n) is 5.08. The maximum absolute atomic E-state index is 13.2. The number of fused-ring (bicyclic) bond motifs is 1. The van der Waals surface area contributed by atoms with Gasteiger partial charge in [-0.3, -0.25) is 9.36 Å². The molecular formula is C25H28F3N5O2S. The molecule has 1 N–H and O–H groups in total. The third-order valence-electron chi connectivity index (χ3n) is 6.94. The van der Waals surface area contributed by atoms with E-state index in [1.807, 2.05) is 0 Å². The van der Waals surface area contributed by atoms with Crippen molar-refractivity contribution >= 4 is 28.9 Å². The van der Waals surface area contributed by atoms with Crippen LogP contribution in [0.3, 0.4) is 0 Å². The molecule has 2 fully saturated rings. The Morgan fingerprint density at radius 3 is 2.56 bits per heavy atom. The summed E-state index contributed by atoms with van der Waals surface area (Å²) in [7, 11) is 0. The molecule has 1 aromatic carbocycles. The predicted molar refractivity (Wildman–Crippen MR) is 133 cm³/mol. The number of piperidine rings is 1. The fraction of sp³-hybridized carbons (Fsp3) is 0.480. The molecule has 11 heteroatoms. The van der Waals surface area contributed by atoms with Gasteiger partial charge in [-0.1, -0.05) is 13.3 Å². The second kappa shape index (κ2) is 10.7. The summed E-state index contributed by atoms with van der Waals surface area (Å²) in [6, 6.07) is 7.79. The van der Waals surface area contributed by atoms with E-state index in [0.29, 0.717) is 17.0 Å². The van der Waals surface area contributed by atoms with Crippen molar-refractivity contribution in [3.05, 3.63) is 52.7 Å². The standard InChI is InChI=1S/C25H28F3N5O2S/c1-15-3-2-4-20(15)33-22-16(13-21(23(33)34)35-24(27)28)14-29-25(31-22)30-18-9-11-32(12-10-18)36-19-7-5-17(26)6-8-19/h5-8,13-15,18,20,24H,2-4,9-12H2,1H3,(H,29,30,31). The molecule has 2 atom stereocenters. The highest BCUT2D eigenvalue weighted by molar-refractivity contribution is 7.97. The van der Waals surface area contributed by atoms with E-state index in [1.54, 1.807) is 30.3 Å². The summed E-state index contributed by atoms with van der Waals surface area (Å²) in [4.78, 5) is 23.2. The highest BCUT2D eigenvalue weighted by Gasteiger charge is 2.29. The van der Waals surface area contributed by atoms with Crippen LogP contribution in [-0.4, -0.2) is 44.6 Å². The van der Waals surface area contributed by atoms with Crippen LogP contribution in [0.15, 0.2) is 46.2 Å². The van der Waals surface area contributed by atoms with Gasteiger partial charge < -0.3 is 10.1 Å². The maximum Gasteiger partial charge on any atom is 0.387 e. The van der Waals surface area contributed by atoms with Gasteiger partial charge in [-0.25, -0.2) is 13.7 Å². The monoisotopic (exact) mass is 519 g/mol. The van der Waals surface area contributed by atoms with Gasteiger partial charge in [-0.15, -0.1) is 0 Å². The van der Waals surface area contributed by atoms with Crippen molar-refractivity contribution in [2.45, 2.75) is 62.6 Å². The Labute approximate surface area is 211 Å². The van der Waals surface area contributed by atoms with Crippen LogP contribution in [0, 0.1) is 11.7 Å². The van der Waals surface area contributed by atoms with E-state index in [0.717, 1.165) is 50.1 Å². The number of rotatable bonds is 7. The van der Waals surface area contributed by atoms with Crippen molar-refractivity contribution in [3.8, 4) is 5.75 Å². The molecule has 192 valence electrons. The second-order valence-corrected chi connectivity index (χ2v) is 10.6. The Morgan fingerprint density at radius 2 is 1.89 bits per heavy atom. The summed E-state index contributed by atoms with van der Waals surface area (Å²) in [6.45, 7) is 0.658. The molecule has 0 radical (unpaired) electrons. The normalized spacial score (nSPS) is 21.4. The van der Waals surface area contributed by atoms with E-state index < -0.39 is 12.2 Å². The quantitative estimate of drug-likeness (QED) is 0.415. The Balaban J connectivity index is 1.33. The number of benzene rings is 1. The molecule has 1 saturated heterocycles. The second-order valence-electron chi connectivity index (χ2n) is 9.40. The van der Waals surface area contributed by atoms with Crippen LogP contribution in [0.5, 0.6) is 5.75 Å². The summed E-state index contributed by atoms with van der Waals surface area (Å²) in [5, 5.41) is 3.87. The Morgan fingerprint density at radius 1 is 1.14 bits per heavy atom. The molecular weight excluding hydrogens is 491 g/mol. The van der Waals surface area contributed by atoms with E-state index in [1.165, 1.54) is 22.8 Å². The van der Waals surface area contributed by atoms with Gasteiger partial charge in [0.15, 0.2) is 5.75 Å². The van der Waals surface area contributed by atoms with Crippen LogP contribution >= 0.6 is 11.9 Å². The van der Waals surface area contributed by atoms with Crippen LogP contribution in [0.2, 0.25) is 0 Å². The third kappa shape index (κ3) is 5.46. The molecule has 0 amide bonds. The maximum atomic E-state index is 13.2. The topological polar surface area (TPSA) is 72.3 Å². The van der Waals surface area contributed by atoms with E-state index in [4.69, 9.17) is 0 Å². The number of alkyl halides is 2. The number of pyridine rings is 1. The zero-order valence-corrected chi connectivity index (χ0v) is 20.7. The molecule has 1 saturated carbocycles. The summed E-state index contributed by atoms with van der Waals surface area (Å²) < 4.78 is 47.3. The van der Waals surface area contributed by atoms with Gasteiger partial charge in [0, 0.05) is 41.7 Å². The summed E-state index contributed by atoms with van der Waals surface area (Å²) in [5.41, 5.74) is -0.153. The van der Waals surface area contributed by atoms with Crippen LogP contribution in [0.25, 0.3) is 11.0 Å². The minimum Gasteiger partial charge on any atom is -0.429 e. The molecule has 2 aliphatic rings. The molecule has 7 nitrogen and oxygen atoms in total. The third-order valence-corrected chi connectivity index (χ3v) is 8.05. The van der Waals surface area contributed by atoms with E-state index in [9.17, 15) is 18.0 Å². The minimum atomic E-state index is -3.08. The van der Waals surface area contributed by atoms with Crippen LogP contribution < -0.4 is 15.6 Å². The first-order chi connectivity index (χ1) is 17.4. The minimum absolute atomic E-state index is 0.129. The first kappa shape index (κ1) is 24.9. The van der Waals surface area contributed by atoms with Gasteiger partial charge in [0.2, 0.25) is 5.95 Å².